The van der Waals surface area contributed by atoms with E-state index in [2.05, 4.69) is 13.0 Å². The third-order valence-corrected chi connectivity index (χ3v) is 4.74. The van der Waals surface area contributed by atoms with Crippen molar-refractivity contribution in [2.24, 2.45) is 0 Å². The Hall–Kier alpha value is -0.540. The van der Waals surface area contributed by atoms with Gasteiger partial charge >= 0.3 is 0 Å². The maximum Gasteiger partial charge on any atom is 0.219 e. The monoisotopic (exact) mass is 271 g/mol. The fraction of sp³-hybridized carbons (Fsp3) is 0.615. The Labute approximate surface area is 112 Å². The Balaban J connectivity index is 2.28. The van der Waals surface area contributed by atoms with Gasteiger partial charge in [-0.1, -0.05) is 0 Å². The Morgan fingerprint density at radius 3 is 3.06 bits per heavy atom. The van der Waals surface area contributed by atoms with Crippen molar-refractivity contribution in [3.8, 4) is 0 Å². The van der Waals surface area contributed by atoms with Gasteiger partial charge in [-0.15, -0.1) is 22.9 Å². The quantitative estimate of drug-likeness (QED) is 0.771. The van der Waals surface area contributed by atoms with Gasteiger partial charge in [-0.05, 0) is 37.8 Å². The van der Waals surface area contributed by atoms with Crippen LogP contribution in [0.2, 0.25) is 0 Å². The van der Waals surface area contributed by atoms with E-state index in [-0.39, 0.29) is 11.9 Å². The summed E-state index contributed by atoms with van der Waals surface area (Å²) in [5.41, 5.74) is 1.43. The first-order chi connectivity index (χ1) is 8.13. The summed E-state index contributed by atoms with van der Waals surface area (Å²) in [4.78, 5) is 16.4. The molecule has 2 rings (SSSR count). The summed E-state index contributed by atoms with van der Waals surface area (Å²) in [7, 11) is 0. The fourth-order valence-electron chi connectivity index (χ4n) is 2.53. The van der Waals surface area contributed by atoms with Gasteiger partial charge in [-0.3, -0.25) is 4.79 Å². The van der Waals surface area contributed by atoms with Crippen molar-refractivity contribution in [1.82, 2.24) is 4.90 Å². The zero-order chi connectivity index (χ0) is 12.4. The third kappa shape index (κ3) is 2.66. The molecule has 1 aromatic heterocycles. The van der Waals surface area contributed by atoms with Crippen molar-refractivity contribution < 1.29 is 4.79 Å². The van der Waals surface area contributed by atoms with E-state index in [4.69, 9.17) is 11.6 Å². The lowest BCUT2D eigenvalue weighted by atomic mass is 9.98. The van der Waals surface area contributed by atoms with Crippen LogP contribution in [-0.2, 0) is 11.2 Å². The van der Waals surface area contributed by atoms with Gasteiger partial charge in [0.05, 0.1) is 6.04 Å². The highest BCUT2D eigenvalue weighted by atomic mass is 35.5. The van der Waals surface area contributed by atoms with Gasteiger partial charge in [0.25, 0.3) is 0 Å². The molecule has 0 aliphatic carbocycles. The molecule has 1 aliphatic rings. The Morgan fingerprint density at radius 2 is 2.41 bits per heavy atom. The molecule has 1 aromatic rings. The summed E-state index contributed by atoms with van der Waals surface area (Å²) in [6.45, 7) is 4.66. The average molecular weight is 272 g/mol. The van der Waals surface area contributed by atoms with E-state index in [0.29, 0.717) is 5.88 Å². The summed E-state index contributed by atoms with van der Waals surface area (Å²) >= 11 is 7.61. The predicted octanol–water partition coefficient (Wildman–Crippen LogP) is 3.52. The average Bonchev–Trinajstić information content (AvgIpc) is 2.65. The molecule has 2 nitrogen and oxygen atoms in total. The number of hydrogen-bond acceptors (Lipinski definition) is 2. The second-order valence-electron chi connectivity index (χ2n) is 4.56. The highest BCUT2D eigenvalue weighted by Crippen LogP contribution is 2.38. The van der Waals surface area contributed by atoms with E-state index in [0.717, 1.165) is 25.8 Å². The fourth-order valence-corrected chi connectivity index (χ4v) is 3.91. The number of aryl methyl sites for hydroxylation is 1. The van der Waals surface area contributed by atoms with Crippen LogP contribution in [-0.4, -0.2) is 23.2 Å². The molecule has 94 valence electrons. The number of thiophene rings is 1. The van der Waals surface area contributed by atoms with Crippen molar-refractivity contribution in [3.63, 3.8) is 0 Å². The van der Waals surface area contributed by atoms with Gasteiger partial charge in [0.15, 0.2) is 0 Å². The standard InChI is InChI=1S/C13H18ClNOS/c1-9-8-11-5-7-15(10(2)16)12(4-3-6-14)13(11)17-9/h8,12H,3-7H2,1-2H3. The SMILES string of the molecule is CC(=O)N1CCc2cc(C)sc2C1CCCCl. The van der Waals surface area contributed by atoms with E-state index in [1.54, 1.807) is 6.92 Å². The number of hydrogen-bond donors (Lipinski definition) is 0. The summed E-state index contributed by atoms with van der Waals surface area (Å²) in [5.74, 6) is 0.850. The van der Waals surface area contributed by atoms with Crippen LogP contribution in [0, 0.1) is 6.92 Å². The van der Waals surface area contributed by atoms with E-state index in [1.165, 1.54) is 15.3 Å². The van der Waals surface area contributed by atoms with Crippen molar-refractivity contribution >= 4 is 28.8 Å². The van der Waals surface area contributed by atoms with Crippen LogP contribution in [0.1, 0.15) is 41.1 Å². The molecule has 0 bridgehead atoms. The number of alkyl halides is 1. The van der Waals surface area contributed by atoms with Crippen LogP contribution in [0.3, 0.4) is 0 Å². The summed E-state index contributed by atoms with van der Waals surface area (Å²) < 4.78 is 0. The molecule has 1 atom stereocenters. The molecule has 1 amide bonds. The Morgan fingerprint density at radius 1 is 1.65 bits per heavy atom. The van der Waals surface area contributed by atoms with E-state index in [1.807, 2.05) is 16.2 Å². The molecule has 0 saturated heterocycles. The molecular weight excluding hydrogens is 254 g/mol. The maximum absolute atomic E-state index is 11.7. The lowest BCUT2D eigenvalue weighted by molar-refractivity contribution is -0.131. The number of amides is 1. The molecule has 0 saturated carbocycles. The van der Waals surface area contributed by atoms with Crippen LogP contribution < -0.4 is 0 Å². The maximum atomic E-state index is 11.7. The number of nitrogens with zero attached hydrogens (tertiary/aromatic N) is 1. The smallest absolute Gasteiger partial charge is 0.219 e. The molecule has 1 aliphatic heterocycles. The van der Waals surface area contributed by atoms with E-state index >= 15 is 0 Å². The number of fused-ring (bicyclic) bond motifs is 1. The van der Waals surface area contributed by atoms with Gasteiger partial charge in [-0.25, -0.2) is 0 Å². The molecule has 0 spiro atoms. The van der Waals surface area contributed by atoms with Crippen molar-refractivity contribution in [3.05, 3.63) is 21.4 Å². The van der Waals surface area contributed by atoms with Gasteiger partial charge in [0, 0.05) is 29.1 Å². The first-order valence-electron chi connectivity index (χ1n) is 6.06. The minimum absolute atomic E-state index is 0.182. The third-order valence-electron chi connectivity index (χ3n) is 3.28. The van der Waals surface area contributed by atoms with Crippen LogP contribution >= 0.6 is 22.9 Å². The zero-order valence-corrected chi connectivity index (χ0v) is 11.9. The molecule has 1 unspecified atom stereocenters. The van der Waals surface area contributed by atoms with Gasteiger partial charge in [0.2, 0.25) is 5.91 Å². The molecule has 17 heavy (non-hydrogen) atoms. The zero-order valence-electron chi connectivity index (χ0n) is 10.3. The molecule has 0 fully saturated rings. The number of carbonyl (C=O) groups excluding carboxylic acids is 1. The topological polar surface area (TPSA) is 20.3 Å². The molecule has 0 aromatic carbocycles. The molecule has 2 heterocycles. The first kappa shape index (κ1) is 12.9. The van der Waals surface area contributed by atoms with Gasteiger partial charge in [0.1, 0.15) is 0 Å². The molecule has 0 N–H and O–H groups in total. The summed E-state index contributed by atoms with van der Waals surface area (Å²) in [6.07, 6.45) is 2.94. The second-order valence-corrected chi connectivity index (χ2v) is 6.22. The lowest BCUT2D eigenvalue weighted by Crippen LogP contribution is -2.38. The van der Waals surface area contributed by atoms with E-state index in [9.17, 15) is 4.79 Å². The minimum atomic E-state index is 0.182. The Kier molecular flexibility index (Phi) is 4.10. The number of halogens is 1. The number of carbonyl (C=O) groups is 1. The molecule has 4 heteroatoms. The van der Waals surface area contributed by atoms with Crippen LogP contribution in [0.5, 0.6) is 0 Å². The van der Waals surface area contributed by atoms with Crippen molar-refractivity contribution in [2.75, 3.05) is 12.4 Å². The highest BCUT2D eigenvalue weighted by molar-refractivity contribution is 7.12. The molecular formula is C13H18ClNOS. The van der Waals surface area contributed by atoms with E-state index < -0.39 is 0 Å². The Bertz CT molecular complexity index is 416. The van der Waals surface area contributed by atoms with Gasteiger partial charge in [-0.2, -0.15) is 0 Å². The van der Waals surface area contributed by atoms with Crippen LogP contribution in [0.25, 0.3) is 0 Å². The normalized spacial score (nSPS) is 19.2. The second kappa shape index (κ2) is 5.40. The van der Waals surface area contributed by atoms with Crippen molar-refractivity contribution in [2.45, 2.75) is 39.2 Å². The highest BCUT2D eigenvalue weighted by Gasteiger charge is 2.30. The van der Waals surface area contributed by atoms with Gasteiger partial charge < -0.3 is 4.90 Å². The predicted molar refractivity (Wildman–Crippen MR) is 72.8 cm³/mol. The first-order valence-corrected chi connectivity index (χ1v) is 7.41. The summed E-state index contributed by atoms with van der Waals surface area (Å²) in [5, 5.41) is 0. The largest absolute Gasteiger partial charge is 0.335 e. The van der Waals surface area contributed by atoms with Crippen molar-refractivity contribution in [1.29, 1.82) is 0 Å². The minimum Gasteiger partial charge on any atom is -0.335 e. The summed E-state index contributed by atoms with van der Waals surface area (Å²) in [6, 6.07) is 2.53. The van der Waals surface area contributed by atoms with Crippen LogP contribution in [0.4, 0.5) is 0 Å². The van der Waals surface area contributed by atoms with Crippen LogP contribution in [0.15, 0.2) is 6.07 Å². The number of rotatable bonds is 3. The molecule has 0 radical (unpaired) electrons. The lowest BCUT2D eigenvalue weighted by Gasteiger charge is -2.35.